The molecular weight excluding hydrogens is 240 g/mol. The Bertz CT molecular complexity index is 601. The summed E-state index contributed by atoms with van der Waals surface area (Å²) in [4.78, 5) is 12.0. The third kappa shape index (κ3) is 2.86. The van der Waals surface area contributed by atoms with E-state index in [4.69, 9.17) is 15.9 Å². The predicted molar refractivity (Wildman–Crippen MR) is 73.6 cm³/mol. The molecule has 1 aliphatic heterocycles. The van der Waals surface area contributed by atoms with Crippen LogP contribution in [0.4, 0.5) is 0 Å². The van der Waals surface area contributed by atoms with Gasteiger partial charge in [-0.15, -0.1) is 6.42 Å². The summed E-state index contributed by atoms with van der Waals surface area (Å²) in [6.07, 6.45) is 12.0. The Morgan fingerprint density at radius 1 is 1.26 bits per heavy atom. The molecule has 0 unspecified atom stereocenters. The van der Waals surface area contributed by atoms with Crippen LogP contribution in [0.3, 0.4) is 0 Å². The number of carbonyl (C=O) groups is 1. The smallest absolute Gasteiger partial charge is 0.345 e. The molecule has 0 N–H and O–H groups in total. The van der Waals surface area contributed by atoms with Gasteiger partial charge in [-0.2, -0.15) is 0 Å². The molecule has 0 saturated carbocycles. The van der Waals surface area contributed by atoms with E-state index in [9.17, 15) is 4.79 Å². The van der Waals surface area contributed by atoms with Crippen molar-refractivity contribution in [3.05, 3.63) is 47.6 Å². The van der Waals surface area contributed by atoms with Crippen molar-refractivity contribution in [2.24, 2.45) is 0 Å². The molecule has 1 aliphatic rings. The highest BCUT2D eigenvalue weighted by Gasteiger charge is 2.34. The highest BCUT2D eigenvalue weighted by atomic mass is 16.7. The van der Waals surface area contributed by atoms with E-state index < -0.39 is 5.79 Å². The quantitative estimate of drug-likeness (QED) is 0.462. The minimum absolute atomic E-state index is 0.382. The Morgan fingerprint density at radius 2 is 2.05 bits per heavy atom. The fourth-order valence-corrected chi connectivity index (χ4v) is 1.82. The molecule has 1 aromatic carbocycles. The molecule has 2 rings (SSSR count). The molecule has 0 bridgehead atoms. The Kier molecular flexibility index (Phi) is 3.43. The largest absolute Gasteiger partial charge is 0.452 e. The maximum atomic E-state index is 12.0. The summed E-state index contributed by atoms with van der Waals surface area (Å²) < 4.78 is 10.9. The Labute approximate surface area is 112 Å². The molecule has 3 nitrogen and oxygen atoms in total. The average Bonchev–Trinajstić information content (AvgIpc) is 2.32. The lowest BCUT2D eigenvalue weighted by Crippen LogP contribution is -2.39. The lowest BCUT2D eigenvalue weighted by molar-refractivity contribution is -0.127. The first kappa shape index (κ1) is 13.0. The van der Waals surface area contributed by atoms with Crippen LogP contribution in [0.25, 0.3) is 6.08 Å². The number of allylic oxidation sites excluding steroid dienone is 3. The molecule has 0 amide bonds. The number of cyclic esters (lactones) is 1. The van der Waals surface area contributed by atoms with Crippen LogP contribution in [0.15, 0.2) is 36.4 Å². The van der Waals surface area contributed by atoms with E-state index >= 15 is 0 Å². The summed E-state index contributed by atoms with van der Waals surface area (Å²) in [6.45, 7) is 3.40. The number of hydrogen-bond acceptors (Lipinski definition) is 3. The summed E-state index contributed by atoms with van der Waals surface area (Å²) in [5.74, 6) is 1.60. The van der Waals surface area contributed by atoms with E-state index in [1.807, 2.05) is 12.1 Å². The standard InChI is InChI=1S/C16H14O3/c1-4-5-6-7-9-12-10-8-11-13-14(12)15(17)19-16(2,3)18-13/h1,5-11H,2-3H3/b6-5+,9-7+. The maximum absolute atomic E-state index is 12.0. The number of carbonyl (C=O) groups excluding carboxylic acids is 1. The van der Waals surface area contributed by atoms with Gasteiger partial charge < -0.3 is 9.47 Å². The van der Waals surface area contributed by atoms with Crippen molar-refractivity contribution in [1.29, 1.82) is 0 Å². The molecule has 0 aromatic heterocycles. The van der Waals surface area contributed by atoms with Gasteiger partial charge in [0.2, 0.25) is 5.79 Å². The fraction of sp³-hybridized carbons (Fsp3) is 0.188. The summed E-state index contributed by atoms with van der Waals surface area (Å²) in [6, 6.07) is 5.41. The Balaban J connectivity index is 2.39. The molecule has 1 heterocycles. The maximum Gasteiger partial charge on any atom is 0.345 e. The van der Waals surface area contributed by atoms with Crippen LogP contribution in [-0.4, -0.2) is 11.8 Å². The van der Waals surface area contributed by atoms with Gasteiger partial charge in [0.1, 0.15) is 11.3 Å². The van der Waals surface area contributed by atoms with E-state index in [0.29, 0.717) is 11.3 Å². The zero-order chi connectivity index (χ0) is 13.9. The number of ether oxygens (including phenoxy) is 2. The topological polar surface area (TPSA) is 35.5 Å². The second-order valence-corrected chi connectivity index (χ2v) is 4.50. The highest BCUT2D eigenvalue weighted by molar-refractivity contribution is 5.97. The molecule has 96 valence electrons. The summed E-state index contributed by atoms with van der Waals surface area (Å²) in [7, 11) is 0. The molecule has 0 atom stereocenters. The number of benzene rings is 1. The third-order valence-electron chi connectivity index (χ3n) is 2.54. The van der Waals surface area contributed by atoms with Crippen molar-refractivity contribution >= 4 is 12.0 Å². The van der Waals surface area contributed by atoms with Crippen molar-refractivity contribution in [3.63, 3.8) is 0 Å². The van der Waals surface area contributed by atoms with Gasteiger partial charge in [0.05, 0.1) is 0 Å². The van der Waals surface area contributed by atoms with Crippen molar-refractivity contribution in [3.8, 4) is 18.1 Å². The average molecular weight is 254 g/mol. The van der Waals surface area contributed by atoms with Gasteiger partial charge in [0.25, 0.3) is 0 Å². The summed E-state index contributed by atoms with van der Waals surface area (Å²) in [5.41, 5.74) is 1.17. The first-order valence-electron chi connectivity index (χ1n) is 5.88. The molecule has 19 heavy (non-hydrogen) atoms. The molecule has 0 spiro atoms. The van der Waals surface area contributed by atoms with Crippen LogP contribution >= 0.6 is 0 Å². The molecule has 0 radical (unpaired) electrons. The van der Waals surface area contributed by atoms with Crippen molar-refractivity contribution in [2.45, 2.75) is 19.6 Å². The molecule has 0 aliphatic carbocycles. The van der Waals surface area contributed by atoms with Gasteiger partial charge in [-0.1, -0.05) is 36.3 Å². The number of esters is 1. The van der Waals surface area contributed by atoms with Crippen LogP contribution in [0.2, 0.25) is 0 Å². The monoisotopic (exact) mass is 254 g/mol. The zero-order valence-corrected chi connectivity index (χ0v) is 10.8. The molecule has 3 heteroatoms. The second kappa shape index (κ2) is 5.03. The van der Waals surface area contributed by atoms with Gasteiger partial charge in [-0.3, -0.25) is 0 Å². The van der Waals surface area contributed by atoms with Gasteiger partial charge in [-0.05, 0) is 17.7 Å². The number of terminal acetylenes is 1. The van der Waals surface area contributed by atoms with Crippen molar-refractivity contribution < 1.29 is 14.3 Å². The highest BCUT2D eigenvalue weighted by Crippen LogP contribution is 2.33. The Morgan fingerprint density at radius 3 is 2.79 bits per heavy atom. The van der Waals surface area contributed by atoms with Crippen molar-refractivity contribution in [1.82, 2.24) is 0 Å². The van der Waals surface area contributed by atoms with E-state index in [1.54, 1.807) is 44.2 Å². The third-order valence-corrected chi connectivity index (χ3v) is 2.54. The Hall–Kier alpha value is -2.47. The predicted octanol–water partition coefficient (Wildman–Crippen LogP) is 3.17. The molecular formula is C16H14O3. The van der Waals surface area contributed by atoms with Gasteiger partial charge in [-0.25, -0.2) is 4.79 Å². The number of hydrogen-bond donors (Lipinski definition) is 0. The van der Waals surface area contributed by atoms with Crippen LogP contribution < -0.4 is 4.74 Å². The summed E-state index contributed by atoms with van der Waals surface area (Å²) in [5, 5.41) is 0. The molecule has 0 fully saturated rings. The SMILES string of the molecule is C#C/C=C/C=C/c1cccc2c1C(=O)OC(C)(C)O2. The zero-order valence-electron chi connectivity index (χ0n) is 10.8. The van der Waals surface area contributed by atoms with Crippen LogP contribution in [0.1, 0.15) is 29.8 Å². The van der Waals surface area contributed by atoms with Gasteiger partial charge >= 0.3 is 5.97 Å². The first-order valence-corrected chi connectivity index (χ1v) is 5.88. The van der Waals surface area contributed by atoms with E-state index in [-0.39, 0.29) is 5.97 Å². The van der Waals surface area contributed by atoms with Crippen LogP contribution in [0, 0.1) is 12.3 Å². The number of fused-ring (bicyclic) bond motifs is 1. The van der Waals surface area contributed by atoms with E-state index in [1.165, 1.54) is 0 Å². The second-order valence-electron chi connectivity index (χ2n) is 4.50. The van der Waals surface area contributed by atoms with E-state index in [0.717, 1.165) is 5.56 Å². The van der Waals surface area contributed by atoms with Gasteiger partial charge in [0.15, 0.2) is 0 Å². The first-order chi connectivity index (χ1) is 9.03. The lowest BCUT2D eigenvalue weighted by Gasteiger charge is -2.32. The molecule has 0 saturated heterocycles. The van der Waals surface area contributed by atoms with Crippen LogP contribution in [-0.2, 0) is 4.74 Å². The van der Waals surface area contributed by atoms with E-state index in [2.05, 4.69) is 5.92 Å². The van der Waals surface area contributed by atoms with Gasteiger partial charge in [0, 0.05) is 13.8 Å². The number of rotatable bonds is 2. The minimum atomic E-state index is -0.935. The fourth-order valence-electron chi connectivity index (χ4n) is 1.82. The molecule has 1 aromatic rings. The van der Waals surface area contributed by atoms with Crippen LogP contribution in [0.5, 0.6) is 5.75 Å². The summed E-state index contributed by atoms with van der Waals surface area (Å²) >= 11 is 0. The lowest BCUT2D eigenvalue weighted by atomic mass is 10.0. The normalized spacial score (nSPS) is 16.8. The van der Waals surface area contributed by atoms with Crippen molar-refractivity contribution in [2.75, 3.05) is 0 Å². The minimum Gasteiger partial charge on any atom is -0.452 e.